The summed E-state index contributed by atoms with van der Waals surface area (Å²) in [6.07, 6.45) is 4.11. The lowest BCUT2D eigenvalue weighted by Gasteiger charge is -2.38. The molecule has 0 aromatic rings. The molecule has 2 aliphatic heterocycles. The van der Waals surface area contributed by atoms with Crippen molar-refractivity contribution in [2.45, 2.75) is 71.3 Å². The van der Waals surface area contributed by atoms with Gasteiger partial charge in [-0.05, 0) is 32.0 Å². The second-order valence-electron chi connectivity index (χ2n) is 9.30. The van der Waals surface area contributed by atoms with Gasteiger partial charge in [0.1, 0.15) is 0 Å². The lowest BCUT2D eigenvalue weighted by atomic mass is 9.79. The van der Waals surface area contributed by atoms with Crippen molar-refractivity contribution in [2.75, 3.05) is 26.4 Å². The van der Waals surface area contributed by atoms with Crippen LogP contribution in [-0.2, 0) is 23.5 Å². The molecule has 7 heteroatoms. The second kappa shape index (κ2) is 8.28. The van der Waals surface area contributed by atoms with Crippen LogP contribution in [0.2, 0.25) is 18.1 Å². The minimum Gasteiger partial charge on any atom is -0.464 e. The molecule has 0 aromatic carbocycles. The van der Waals surface area contributed by atoms with Gasteiger partial charge in [-0.25, -0.2) is 9.59 Å². The fourth-order valence-corrected chi connectivity index (χ4v) is 5.14. The summed E-state index contributed by atoms with van der Waals surface area (Å²) in [5, 5.41) is 0.0966. The largest absolute Gasteiger partial charge is 0.464 e. The molecule has 0 radical (unpaired) electrons. The minimum atomic E-state index is -1.95. The van der Waals surface area contributed by atoms with Crippen LogP contribution < -0.4 is 0 Å². The summed E-state index contributed by atoms with van der Waals surface area (Å²) < 4.78 is 17.3. The van der Waals surface area contributed by atoms with E-state index in [0.717, 1.165) is 0 Å². The van der Waals surface area contributed by atoms with E-state index < -0.39 is 25.8 Å². The van der Waals surface area contributed by atoms with E-state index in [2.05, 4.69) is 39.9 Å². The summed E-state index contributed by atoms with van der Waals surface area (Å²) in [6.45, 7) is 18.0. The zero-order valence-corrected chi connectivity index (χ0v) is 19.7. The monoisotopic (exact) mass is 411 g/mol. The smallest absolute Gasteiger partial charge is 0.338 e. The molecule has 0 N–H and O–H groups in total. The minimum absolute atomic E-state index is 0.0155. The van der Waals surface area contributed by atoms with E-state index in [0.29, 0.717) is 13.2 Å². The number of hydrogen-bond donors (Lipinski definition) is 0. The van der Waals surface area contributed by atoms with Crippen molar-refractivity contribution < 1.29 is 23.5 Å². The van der Waals surface area contributed by atoms with Gasteiger partial charge in [-0.15, -0.1) is 0 Å². The molecule has 28 heavy (non-hydrogen) atoms. The summed E-state index contributed by atoms with van der Waals surface area (Å²) in [5.41, 5.74) is -1.42. The average molecular weight is 412 g/mol. The molecular weight excluding hydrogens is 374 g/mol. The third kappa shape index (κ3) is 3.68. The number of hydrogen-bond acceptors (Lipinski definition) is 6. The Labute approximate surface area is 170 Å². The summed E-state index contributed by atoms with van der Waals surface area (Å²) in [4.78, 5) is 28.2. The summed E-state index contributed by atoms with van der Waals surface area (Å²) in [6, 6.07) is -0.0337. The van der Waals surface area contributed by atoms with Gasteiger partial charge in [0.15, 0.2) is 8.32 Å². The Morgan fingerprint density at radius 2 is 1.68 bits per heavy atom. The van der Waals surface area contributed by atoms with Gasteiger partial charge in [0, 0.05) is 31.0 Å². The molecule has 6 nitrogen and oxygen atoms in total. The molecule has 0 saturated carbocycles. The molecule has 2 heterocycles. The van der Waals surface area contributed by atoms with E-state index in [1.165, 1.54) is 0 Å². The summed E-state index contributed by atoms with van der Waals surface area (Å²) >= 11 is 0. The van der Waals surface area contributed by atoms with Crippen LogP contribution in [0.5, 0.6) is 0 Å². The van der Waals surface area contributed by atoms with Gasteiger partial charge >= 0.3 is 11.9 Å². The Balaban J connectivity index is 2.38. The van der Waals surface area contributed by atoms with Crippen LogP contribution in [0.25, 0.3) is 0 Å². The van der Waals surface area contributed by atoms with Gasteiger partial charge in [0.2, 0.25) is 5.54 Å². The van der Waals surface area contributed by atoms with Crippen molar-refractivity contribution in [2.24, 2.45) is 11.8 Å². The molecule has 1 fully saturated rings. The maximum absolute atomic E-state index is 13.1. The van der Waals surface area contributed by atoms with Gasteiger partial charge in [-0.3, -0.25) is 4.90 Å². The number of esters is 2. The maximum Gasteiger partial charge on any atom is 0.338 e. The predicted molar refractivity (Wildman–Crippen MR) is 111 cm³/mol. The molecule has 0 amide bonds. The molecule has 160 valence electrons. The molecule has 0 bridgehead atoms. The van der Waals surface area contributed by atoms with E-state index in [1.54, 1.807) is 13.8 Å². The number of fused-ring (bicyclic) bond motifs is 1. The van der Waals surface area contributed by atoms with E-state index in [4.69, 9.17) is 13.9 Å². The van der Waals surface area contributed by atoms with Crippen LogP contribution >= 0.6 is 0 Å². The van der Waals surface area contributed by atoms with Gasteiger partial charge < -0.3 is 13.9 Å². The third-order valence-electron chi connectivity index (χ3n) is 6.80. The Kier molecular flexibility index (Phi) is 6.83. The topological polar surface area (TPSA) is 65.1 Å². The molecule has 0 spiro atoms. The van der Waals surface area contributed by atoms with E-state index >= 15 is 0 Å². The maximum atomic E-state index is 13.1. The highest BCUT2D eigenvalue weighted by Crippen LogP contribution is 2.48. The van der Waals surface area contributed by atoms with Crippen LogP contribution in [0.4, 0.5) is 0 Å². The van der Waals surface area contributed by atoms with Crippen molar-refractivity contribution in [3.05, 3.63) is 12.2 Å². The Morgan fingerprint density at radius 3 is 2.14 bits per heavy atom. The molecule has 0 unspecified atom stereocenters. The van der Waals surface area contributed by atoms with Crippen LogP contribution in [0.3, 0.4) is 0 Å². The lowest BCUT2D eigenvalue weighted by Crippen LogP contribution is -2.61. The molecule has 2 aliphatic rings. The molecular formula is C21H37NO5Si. The van der Waals surface area contributed by atoms with Crippen molar-refractivity contribution in [1.82, 2.24) is 4.90 Å². The zero-order chi connectivity index (χ0) is 21.3. The standard InChI is InChI=1S/C21H37NO5Si/c1-9-25-18(23)21(19(24)26-10-2)15(3)16(17-12-11-13-22(17)21)14-27-28(7,8)20(4,5)6/h11-12,15-17H,9-10,13-14H2,1-8H3/t15-,16-,17-/m1/s1. The van der Waals surface area contributed by atoms with Crippen molar-refractivity contribution in [3.8, 4) is 0 Å². The first-order valence-electron chi connectivity index (χ1n) is 10.4. The first kappa shape index (κ1) is 23.1. The van der Waals surface area contributed by atoms with Crippen molar-refractivity contribution in [1.29, 1.82) is 0 Å². The van der Waals surface area contributed by atoms with E-state index in [1.807, 2.05) is 17.9 Å². The highest BCUT2D eigenvalue weighted by Gasteiger charge is 2.67. The normalized spacial score (nSPS) is 26.9. The van der Waals surface area contributed by atoms with Gasteiger partial charge in [-0.1, -0.05) is 39.8 Å². The SMILES string of the molecule is CCOC(=O)C1(C(=O)OCC)[C@H](C)[C@@H](CO[Si](C)(C)C(C)(C)C)[C@H]2C=CCN21. The van der Waals surface area contributed by atoms with Crippen molar-refractivity contribution in [3.63, 3.8) is 0 Å². The Hall–Kier alpha value is -1.18. The molecule has 2 rings (SSSR count). The van der Waals surface area contributed by atoms with Gasteiger partial charge in [0.25, 0.3) is 0 Å². The fourth-order valence-electron chi connectivity index (χ4n) is 4.10. The summed E-state index contributed by atoms with van der Waals surface area (Å²) in [7, 11) is -1.95. The fraction of sp³-hybridized carbons (Fsp3) is 0.810. The second-order valence-corrected chi connectivity index (χ2v) is 14.1. The predicted octanol–water partition coefficient (Wildman–Crippen LogP) is 3.38. The summed E-state index contributed by atoms with van der Waals surface area (Å²) in [5.74, 6) is -1.28. The van der Waals surface area contributed by atoms with Crippen LogP contribution in [0, 0.1) is 11.8 Å². The number of carbonyl (C=O) groups is 2. The zero-order valence-electron chi connectivity index (χ0n) is 18.7. The molecule has 0 aromatic heterocycles. The number of rotatable bonds is 7. The Morgan fingerprint density at radius 1 is 1.14 bits per heavy atom. The molecule has 3 atom stereocenters. The number of ether oxygens (including phenoxy) is 2. The first-order chi connectivity index (χ1) is 12.9. The average Bonchev–Trinajstić information content (AvgIpc) is 3.12. The quantitative estimate of drug-likeness (QED) is 0.277. The highest BCUT2D eigenvalue weighted by atomic mass is 28.4. The van der Waals surface area contributed by atoms with Gasteiger partial charge in [0.05, 0.1) is 13.2 Å². The van der Waals surface area contributed by atoms with Crippen LogP contribution in [0.15, 0.2) is 12.2 Å². The lowest BCUT2D eigenvalue weighted by molar-refractivity contribution is -0.175. The van der Waals surface area contributed by atoms with E-state index in [-0.39, 0.29) is 36.1 Å². The number of nitrogens with zero attached hydrogens (tertiary/aromatic N) is 1. The van der Waals surface area contributed by atoms with Gasteiger partial charge in [-0.2, -0.15) is 0 Å². The van der Waals surface area contributed by atoms with Crippen molar-refractivity contribution >= 4 is 20.3 Å². The first-order valence-corrected chi connectivity index (χ1v) is 13.3. The third-order valence-corrected chi connectivity index (χ3v) is 11.3. The molecule has 0 aliphatic carbocycles. The highest BCUT2D eigenvalue weighted by molar-refractivity contribution is 6.74. The van der Waals surface area contributed by atoms with Crippen LogP contribution in [0.1, 0.15) is 41.5 Å². The number of carbonyl (C=O) groups excluding carboxylic acids is 2. The Bertz CT molecular complexity index is 607. The van der Waals surface area contributed by atoms with Crippen LogP contribution in [-0.4, -0.2) is 63.1 Å². The van der Waals surface area contributed by atoms with E-state index in [9.17, 15) is 9.59 Å². The molecule has 1 saturated heterocycles.